The molecule has 0 amide bonds. The minimum atomic E-state index is 0.673. The molecule has 0 saturated carbocycles. The molecular formula is C14H12N6. The highest BCUT2D eigenvalue weighted by atomic mass is 15.3. The van der Waals surface area contributed by atoms with Gasteiger partial charge in [0.25, 0.3) is 0 Å². The molecule has 1 N–H and O–H groups in total. The molecule has 0 aliphatic heterocycles. The van der Waals surface area contributed by atoms with Gasteiger partial charge in [0, 0.05) is 11.1 Å². The Morgan fingerprint density at radius 3 is 2.80 bits per heavy atom. The van der Waals surface area contributed by atoms with Gasteiger partial charge in [-0.25, -0.2) is 14.5 Å². The maximum absolute atomic E-state index is 4.66. The smallest absolute Gasteiger partial charge is 0.185 e. The Bertz CT molecular complexity index is 914. The second-order valence-electron chi connectivity index (χ2n) is 4.77. The molecule has 20 heavy (non-hydrogen) atoms. The Hall–Kier alpha value is -2.76. The van der Waals surface area contributed by atoms with Crippen LogP contribution in [0.4, 0.5) is 0 Å². The average Bonchev–Trinajstić information content (AvgIpc) is 3.02. The van der Waals surface area contributed by atoms with Crippen molar-refractivity contribution in [1.29, 1.82) is 0 Å². The third-order valence-corrected chi connectivity index (χ3v) is 3.43. The van der Waals surface area contributed by atoms with Gasteiger partial charge in [-0.15, -0.1) is 5.10 Å². The molecule has 0 bridgehead atoms. The van der Waals surface area contributed by atoms with Gasteiger partial charge in [0.05, 0.1) is 16.8 Å². The van der Waals surface area contributed by atoms with Crippen molar-refractivity contribution in [2.45, 2.75) is 13.8 Å². The molecule has 0 unspecified atom stereocenters. The number of para-hydroxylation sites is 1. The van der Waals surface area contributed by atoms with Crippen molar-refractivity contribution >= 4 is 16.6 Å². The zero-order valence-electron chi connectivity index (χ0n) is 11.1. The van der Waals surface area contributed by atoms with Gasteiger partial charge >= 0.3 is 0 Å². The van der Waals surface area contributed by atoms with Crippen molar-refractivity contribution in [3.8, 4) is 11.4 Å². The van der Waals surface area contributed by atoms with Crippen LogP contribution < -0.4 is 0 Å². The van der Waals surface area contributed by atoms with Crippen LogP contribution in [-0.2, 0) is 0 Å². The summed E-state index contributed by atoms with van der Waals surface area (Å²) in [5.41, 5.74) is 4.55. The molecule has 0 radical (unpaired) electrons. The number of aryl methyl sites for hydroxylation is 2. The summed E-state index contributed by atoms with van der Waals surface area (Å²) >= 11 is 0. The number of nitrogens with one attached hydrogen (secondary N) is 1. The zero-order chi connectivity index (χ0) is 13.7. The first-order valence-corrected chi connectivity index (χ1v) is 6.36. The quantitative estimate of drug-likeness (QED) is 0.572. The zero-order valence-corrected chi connectivity index (χ0v) is 11.1. The molecule has 0 aliphatic rings. The summed E-state index contributed by atoms with van der Waals surface area (Å²) in [5, 5.41) is 12.7. The van der Waals surface area contributed by atoms with E-state index in [0.29, 0.717) is 5.82 Å². The fraction of sp³-hybridized carbons (Fsp3) is 0.143. The number of benzene rings is 1. The first kappa shape index (κ1) is 11.1. The van der Waals surface area contributed by atoms with E-state index in [1.54, 1.807) is 10.8 Å². The Kier molecular flexibility index (Phi) is 2.14. The predicted molar refractivity (Wildman–Crippen MR) is 75.3 cm³/mol. The molecule has 1 aromatic carbocycles. The van der Waals surface area contributed by atoms with Gasteiger partial charge in [-0.3, -0.25) is 5.10 Å². The van der Waals surface area contributed by atoms with Crippen LogP contribution in [0.25, 0.3) is 27.9 Å². The van der Waals surface area contributed by atoms with E-state index >= 15 is 0 Å². The Morgan fingerprint density at radius 2 is 2.00 bits per heavy atom. The number of hydrogen-bond acceptors (Lipinski definition) is 4. The predicted octanol–water partition coefficient (Wildman–Crippen LogP) is 2.28. The van der Waals surface area contributed by atoms with Gasteiger partial charge in [-0.2, -0.15) is 5.10 Å². The Balaban J connectivity index is 2.06. The summed E-state index contributed by atoms with van der Waals surface area (Å²) in [6.07, 6.45) is 1.69. The van der Waals surface area contributed by atoms with Crippen LogP contribution in [0, 0.1) is 13.8 Å². The first-order valence-electron chi connectivity index (χ1n) is 6.36. The van der Waals surface area contributed by atoms with Gasteiger partial charge in [0.2, 0.25) is 0 Å². The van der Waals surface area contributed by atoms with Gasteiger partial charge in [-0.05, 0) is 26.0 Å². The molecule has 98 valence electrons. The van der Waals surface area contributed by atoms with Crippen molar-refractivity contribution in [3.63, 3.8) is 0 Å². The lowest BCUT2D eigenvalue weighted by atomic mass is 10.2. The molecule has 4 aromatic rings. The average molecular weight is 264 g/mol. The largest absolute Gasteiger partial charge is 0.282 e. The molecule has 0 atom stereocenters. The SMILES string of the molecule is Cc1n[nH]c(C)c1-c1nc2c3ccccc3ncn2n1. The minimum Gasteiger partial charge on any atom is -0.282 e. The third-order valence-electron chi connectivity index (χ3n) is 3.43. The second-order valence-corrected chi connectivity index (χ2v) is 4.77. The van der Waals surface area contributed by atoms with Gasteiger partial charge in [-0.1, -0.05) is 12.1 Å². The minimum absolute atomic E-state index is 0.673. The number of H-pyrrole nitrogens is 1. The lowest BCUT2D eigenvalue weighted by Crippen LogP contribution is -1.91. The molecule has 0 saturated heterocycles. The molecule has 6 heteroatoms. The topological polar surface area (TPSA) is 71.8 Å². The number of nitrogens with zero attached hydrogens (tertiary/aromatic N) is 5. The summed E-state index contributed by atoms with van der Waals surface area (Å²) in [6, 6.07) is 7.92. The normalized spacial score (nSPS) is 11.5. The molecule has 3 heterocycles. The van der Waals surface area contributed by atoms with E-state index in [9.17, 15) is 0 Å². The van der Waals surface area contributed by atoms with E-state index in [1.807, 2.05) is 38.1 Å². The summed E-state index contributed by atoms with van der Waals surface area (Å²) in [5.74, 6) is 0.673. The monoisotopic (exact) mass is 264 g/mol. The van der Waals surface area contributed by atoms with Crippen LogP contribution in [-0.4, -0.2) is 29.8 Å². The number of rotatable bonds is 1. The molecule has 3 aromatic heterocycles. The number of fused-ring (bicyclic) bond motifs is 3. The summed E-state index contributed by atoms with van der Waals surface area (Å²) in [7, 11) is 0. The molecule has 0 spiro atoms. The Labute approximate surface area is 114 Å². The van der Waals surface area contributed by atoms with Crippen LogP contribution >= 0.6 is 0 Å². The van der Waals surface area contributed by atoms with Crippen molar-refractivity contribution in [1.82, 2.24) is 29.8 Å². The van der Waals surface area contributed by atoms with E-state index in [0.717, 1.165) is 33.5 Å². The van der Waals surface area contributed by atoms with Crippen LogP contribution in [0.5, 0.6) is 0 Å². The Morgan fingerprint density at radius 1 is 1.15 bits per heavy atom. The summed E-state index contributed by atoms with van der Waals surface area (Å²) in [4.78, 5) is 9.04. The number of hydrogen-bond donors (Lipinski definition) is 1. The van der Waals surface area contributed by atoms with E-state index < -0.39 is 0 Å². The highest BCUT2D eigenvalue weighted by Gasteiger charge is 2.15. The number of aromatic amines is 1. The third kappa shape index (κ3) is 1.45. The number of aromatic nitrogens is 6. The van der Waals surface area contributed by atoms with Crippen LogP contribution in [0.3, 0.4) is 0 Å². The van der Waals surface area contributed by atoms with Crippen molar-refractivity contribution < 1.29 is 0 Å². The fourth-order valence-corrected chi connectivity index (χ4v) is 2.47. The molecule has 6 nitrogen and oxygen atoms in total. The molecule has 0 fully saturated rings. The van der Waals surface area contributed by atoms with E-state index in [-0.39, 0.29) is 0 Å². The maximum atomic E-state index is 4.66. The lowest BCUT2D eigenvalue weighted by molar-refractivity contribution is 0.937. The van der Waals surface area contributed by atoms with Crippen LogP contribution in [0.2, 0.25) is 0 Å². The summed E-state index contributed by atoms with van der Waals surface area (Å²) in [6.45, 7) is 3.91. The van der Waals surface area contributed by atoms with E-state index in [1.165, 1.54) is 0 Å². The molecule has 0 aliphatic carbocycles. The lowest BCUT2D eigenvalue weighted by Gasteiger charge is -1.96. The van der Waals surface area contributed by atoms with Crippen LogP contribution in [0.15, 0.2) is 30.6 Å². The van der Waals surface area contributed by atoms with Crippen molar-refractivity contribution in [3.05, 3.63) is 42.0 Å². The maximum Gasteiger partial charge on any atom is 0.185 e. The van der Waals surface area contributed by atoms with Gasteiger partial charge < -0.3 is 0 Å². The van der Waals surface area contributed by atoms with E-state index in [2.05, 4.69) is 25.3 Å². The van der Waals surface area contributed by atoms with Gasteiger partial charge in [0.1, 0.15) is 6.33 Å². The summed E-state index contributed by atoms with van der Waals surface area (Å²) < 4.78 is 1.71. The highest BCUT2D eigenvalue weighted by molar-refractivity contribution is 5.91. The van der Waals surface area contributed by atoms with E-state index in [4.69, 9.17) is 0 Å². The first-order chi connectivity index (χ1) is 9.74. The molecule has 4 rings (SSSR count). The standard InChI is InChI=1S/C14H12N6/c1-8-12(9(2)18-17-8)13-16-14-10-5-3-4-6-11(10)15-7-20(14)19-13/h3-7H,1-2H3,(H,17,18). The fourth-order valence-electron chi connectivity index (χ4n) is 2.47. The van der Waals surface area contributed by atoms with Gasteiger partial charge in [0.15, 0.2) is 11.5 Å². The van der Waals surface area contributed by atoms with Crippen molar-refractivity contribution in [2.75, 3.05) is 0 Å². The van der Waals surface area contributed by atoms with Crippen molar-refractivity contribution in [2.24, 2.45) is 0 Å². The highest BCUT2D eigenvalue weighted by Crippen LogP contribution is 2.24. The molecular weight excluding hydrogens is 252 g/mol. The second kappa shape index (κ2) is 3.86. The van der Waals surface area contributed by atoms with Crippen LogP contribution in [0.1, 0.15) is 11.4 Å².